The minimum atomic E-state index is 0.0334. The van der Waals surface area contributed by atoms with Crippen molar-refractivity contribution in [2.75, 3.05) is 26.5 Å². The first-order valence-electron chi connectivity index (χ1n) is 9.99. The Labute approximate surface area is 189 Å². The van der Waals surface area contributed by atoms with Crippen molar-refractivity contribution in [3.05, 3.63) is 42.2 Å². The number of rotatable bonds is 8. The van der Waals surface area contributed by atoms with Gasteiger partial charge in [-0.3, -0.25) is 9.79 Å². The van der Waals surface area contributed by atoms with Crippen molar-refractivity contribution in [3.8, 4) is 17.2 Å². The first-order valence-corrected chi connectivity index (χ1v) is 12.1. The number of benzene rings is 1. The van der Waals surface area contributed by atoms with Gasteiger partial charge in [-0.25, -0.2) is 4.98 Å². The highest BCUT2D eigenvalue weighted by molar-refractivity contribution is 8.15. The Balaban J connectivity index is 1.59. The van der Waals surface area contributed by atoms with E-state index in [9.17, 15) is 4.79 Å². The Morgan fingerprint density at radius 1 is 1.32 bits per heavy atom. The van der Waals surface area contributed by atoms with Crippen LogP contribution < -0.4 is 14.8 Å². The summed E-state index contributed by atoms with van der Waals surface area (Å²) >= 11 is 3.22. The van der Waals surface area contributed by atoms with Crippen LogP contribution in [-0.4, -0.2) is 52.6 Å². The lowest BCUT2D eigenvalue weighted by molar-refractivity contribution is -0.120. The van der Waals surface area contributed by atoms with Crippen molar-refractivity contribution in [2.24, 2.45) is 4.99 Å². The van der Waals surface area contributed by atoms with E-state index in [1.807, 2.05) is 43.5 Å². The molecule has 9 heteroatoms. The lowest BCUT2D eigenvalue weighted by atomic mass is 10.2. The molecule has 3 heterocycles. The molecule has 2 N–H and O–H groups in total. The first-order chi connectivity index (χ1) is 15.1. The largest absolute Gasteiger partial charge is 0.492 e. The number of hydrogen-bond donors (Lipinski definition) is 2. The fourth-order valence-electron chi connectivity index (χ4n) is 3.29. The van der Waals surface area contributed by atoms with Gasteiger partial charge in [-0.05, 0) is 37.4 Å². The van der Waals surface area contributed by atoms with Gasteiger partial charge in [-0.2, -0.15) is 0 Å². The van der Waals surface area contributed by atoms with Crippen LogP contribution in [0.2, 0.25) is 0 Å². The molecule has 1 aliphatic rings. The monoisotopic (exact) mass is 456 g/mol. The number of fused-ring (bicyclic) bond motifs is 1. The van der Waals surface area contributed by atoms with Crippen molar-refractivity contribution >= 4 is 45.4 Å². The van der Waals surface area contributed by atoms with Gasteiger partial charge in [0, 0.05) is 30.2 Å². The lowest BCUT2D eigenvalue weighted by Crippen LogP contribution is -2.22. The number of pyridine rings is 1. The molecule has 0 radical (unpaired) electrons. The number of aliphatic imine (C=N–C) groups is 1. The first kappa shape index (κ1) is 21.6. The summed E-state index contributed by atoms with van der Waals surface area (Å²) in [6, 6.07) is 9.74. The lowest BCUT2D eigenvalue weighted by Gasteiger charge is -2.10. The highest BCUT2D eigenvalue weighted by Crippen LogP contribution is 2.36. The number of aromatic nitrogens is 2. The molecule has 0 saturated heterocycles. The minimum Gasteiger partial charge on any atom is -0.492 e. The summed E-state index contributed by atoms with van der Waals surface area (Å²) in [6.07, 6.45) is 4.16. The SMILES string of the molecule is CCOc1cc(Oc2ccc(SC)nc2)cc2cc(C3=NCC(CC(=O)NC)S3)[nH]c12. The fourth-order valence-corrected chi connectivity index (χ4v) is 4.74. The third-order valence-corrected chi connectivity index (χ3v) is 6.64. The molecule has 31 heavy (non-hydrogen) atoms. The van der Waals surface area contributed by atoms with Gasteiger partial charge in [0.05, 0.1) is 35.6 Å². The number of carbonyl (C=O) groups excluding carboxylic acids is 1. The number of hydrogen-bond acceptors (Lipinski definition) is 7. The number of thioether (sulfide) groups is 2. The number of aromatic amines is 1. The summed E-state index contributed by atoms with van der Waals surface area (Å²) in [6.45, 7) is 3.13. The van der Waals surface area contributed by atoms with E-state index in [2.05, 4.69) is 20.3 Å². The van der Waals surface area contributed by atoms with Crippen LogP contribution >= 0.6 is 23.5 Å². The van der Waals surface area contributed by atoms with Crippen LogP contribution in [0.15, 0.2) is 46.5 Å². The van der Waals surface area contributed by atoms with Crippen molar-refractivity contribution in [1.29, 1.82) is 0 Å². The van der Waals surface area contributed by atoms with Crippen LogP contribution in [0.25, 0.3) is 10.9 Å². The molecule has 4 rings (SSSR count). The molecule has 0 aliphatic carbocycles. The predicted octanol–water partition coefficient (Wildman–Crippen LogP) is 4.47. The zero-order valence-electron chi connectivity index (χ0n) is 17.6. The van der Waals surface area contributed by atoms with Gasteiger partial charge >= 0.3 is 0 Å². The average Bonchev–Trinajstić information content (AvgIpc) is 3.41. The topological polar surface area (TPSA) is 88.6 Å². The summed E-state index contributed by atoms with van der Waals surface area (Å²) in [5.41, 5.74) is 1.82. The van der Waals surface area contributed by atoms with Crippen molar-refractivity contribution in [2.45, 2.75) is 23.6 Å². The van der Waals surface area contributed by atoms with E-state index in [1.54, 1.807) is 36.8 Å². The van der Waals surface area contributed by atoms with Gasteiger partial charge in [-0.15, -0.1) is 11.8 Å². The standard InChI is InChI=1S/C22H24N4O3S2/c1-4-28-18-9-15(29-14-5-6-20(30-3)24-11-14)7-13-8-17(26-21(13)18)22-25-12-16(31-22)10-19(27)23-2/h5-9,11,16,26H,4,10,12H2,1-3H3,(H,23,27). The Bertz CT molecular complexity index is 1110. The number of amides is 1. The maximum atomic E-state index is 11.7. The van der Waals surface area contributed by atoms with Gasteiger partial charge in [0.1, 0.15) is 22.3 Å². The van der Waals surface area contributed by atoms with E-state index in [-0.39, 0.29) is 11.2 Å². The molecule has 0 saturated carbocycles. The van der Waals surface area contributed by atoms with E-state index in [1.165, 1.54) is 0 Å². The zero-order chi connectivity index (χ0) is 21.8. The number of ether oxygens (including phenoxy) is 2. The van der Waals surface area contributed by atoms with Crippen LogP contribution in [0.3, 0.4) is 0 Å². The molecule has 1 aliphatic heterocycles. The minimum absolute atomic E-state index is 0.0334. The highest BCUT2D eigenvalue weighted by Gasteiger charge is 2.24. The maximum absolute atomic E-state index is 11.7. The third-order valence-electron chi connectivity index (χ3n) is 4.76. The number of nitrogens with one attached hydrogen (secondary N) is 2. The zero-order valence-corrected chi connectivity index (χ0v) is 19.2. The molecule has 0 fully saturated rings. The van der Waals surface area contributed by atoms with E-state index in [0.29, 0.717) is 31.1 Å². The Kier molecular flexibility index (Phi) is 6.72. The summed E-state index contributed by atoms with van der Waals surface area (Å²) in [5.74, 6) is 2.10. The van der Waals surface area contributed by atoms with Crippen molar-refractivity contribution < 1.29 is 14.3 Å². The summed E-state index contributed by atoms with van der Waals surface area (Å²) < 4.78 is 11.9. The molecule has 0 bridgehead atoms. The van der Waals surface area contributed by atoms with Crippen LogP contribution in [0.4, 0.5) is 0 Å². The molecule has 1 unspecified atom stereocenters. The maximum Gasteiger partial charge on any atom is 0.220 e. The van der Waals surface area contributed by atoms with E-state index in [0.717, 1.165) is 32.4 Å². The highest BCUT2D eigenvalue weighted by atomic mass is 32.2. The van der Waals surface area contributed by atoms with Gasteiger partial charge in [-0.1, -0.05) is 11.8 Å². The van der Waals surface area contributed by atoms with Crippen LogP contribution in [0, 0.1) is 0 Å². The molecular formula is C22H24N4O3S2. The second kappa shape index (κ2) is 9.65. The summed E-state index contributed by atoms with van der Waals surface area (Å²) in [7, 11) is 1.66. The molecule has 1 aromatic carbocycles. The second-order valence-electron chi connectivity index (χ2n) is 6.90. The fraction of sp³-hybridized carbons (Fsp3) is 0.318. The van der Waals surface area contributed by atoms with Crippen LogP contribution in [0.1, 0.15) is 19.0 Å². The van der Waals surface area contributed by atoms with Crippen LogP contribution in [0.5, 0.6) is 17.2 Å². The van der Waals surface area contributed by atoms with Crippen molar-refractivity contribution in [1.82, 2.24) is 15.3 Å². The van der Waals surface area contributed by atoms with E-state index < -0.39 is 0 Å². The number of H-pyrrole nitrogens is 1. The molecule has 2 aromatic heterocycles. The number of carbonyl (C=O) groups is 1. The van der Waals surface area contributed by atoms with Gasteiger partial charge in [0.2, 0.25) is 5.91 Å². The Morgan fingerprint density at radius 2 is 2.19 bits per heavy atom. The predicted molar refractivity (Wildman–Crippen MR) is 127 cm³/mol. The second-order valence-corrected chi connectivity index (χ2v) is 9.02. The van der Waals surface area contributed by atoms with Gasteiger partial charge in [0.25, 0.3) is 0 Å². The molecular weight excluding hydrogens is 432 g/mol. The van der Waals surface area contributed by atoms with E-state index in [4.69, 9.17) is 9.47 Å². The third kappa shape index (κ3) is 4.99. The molecule has 162 valence electrons. The Morgan fingerprint density at radius 3 is 2.90 bits per heavy atom. The quantitative estimate of drug-likeness (QED) is 0.486. The summed E-state index contributed by atoms with van der Waals surface area (Å²) in [4.78, 5) is 24.1. The van der Waals surface area contributed by atoms with Gasteiger partial charge < -0.3 is 19.8 Å². The average molecular weight is 457 g/mol. The summed E-state index contributed by atoms with van der Waals surface area (Å²) in [5, 5.41) is 5.66. The Hall–Kier alpha value is -2.65. The van der Waals surface area contributed by atoms with Crippen LogP contribution in [-0.2, 0) is 4.79 Å². The smallest absolute Gasteiger partial charge is 0.220 e. The molecule has 1 amide bonds. The normalized spacial score (nSPS) is 15.7. The molecule has 0 spiro atoms. The molecule has 3 aromatic rings. The number of nitrogens with zero attached hydrogens (tertiary/aromatic N) is 2. The van der Waals surface area contributed by atoms with Crippen molar-refractivity contribution in [3.63, 3.8) is 0 Å². The molecule has 1 atom stereocenters. The van der Waals surface area contributed by atoms with E-state index >= 15 is 0 Å². The molecule has 7 nitrogen and oxygen atoms in total. The van der Waals surface area contributed by atoms with Gasteiger partial charge in [0.15, 0.2) is 0 Å².